The lowest BCUT2D eigenvalue weighted by atomic mass is 10.0. The minimum Gasteiger partial charge on any atom is -0.382 e. The minimum atomic E-state index is -0.135. The Labute approximate surface area is 135 Å². The molecule has 6 nitrogen and oxygen atoms in total. The largest absolute Gasteiger partial charge is 0.382 e. The number of benzene rings is 1. The van der Waals surface area contributed by atoms with Crippen molar-refractivity contribution < 1.29 is 4.79 Å². The number of likely N-dealkylation sites (tertiary alicyclic amines) is 1. The number of carbonyl (C=O) groups excluding carboxylic acids is 1. The van der Waals surface area contributed by atoms with Gasteiger partial charge >= 0.3 is 0 Å². The van der Waals surface area contributed by atoms with Crippen molar-refractivity contribution in [2.24, 2.45) is 0 Å². The van der Waals surface area contributed by atoms with Gasteiger partial charge in [0.1, 0.15) is 0 Å². The van der Waals surface area contributed by atoms with E-state index >= 15 is 0 Å². The van der Waals surface area contributed by atoms with Crippen molar-refractivity contribution >= 4 is 17.4 Å². The van der Waals surface area contributed by atoms with Crippen LogP contribution in [0.1, 0.15) is 28.9 Å². The van der Waals surface area contributed by atoms with Crippen molar-refractivity contribution in [3.8, 4) is 0 Å². The van der Waals surface area contributed by atoms with Crippen LogP contribution in [0.2, 0.25) is 0 Å². The zero-order valence-electron chi connectivity index (χ0n) is 13.2. The predicted molar refractivity (Wildman–Crippen MR) is 90.2 cm³/mol. The Morgan fingerprint density at radius 1 is 1.17 bits per heavy atom. The maximum Gasteiger partial charge on any atom is 0.276 e. The molecule has 23 heavy (non-hydrogen) atoms. The molecule has 1 aliphatic heterocycles. The van der Waals surface area contributed by atoms with E-state index in [2.05, 4.69) is 46.5 Å². The van der Waals surface area contributed by atoms with E-state index in [4.69, 9.17) is 5.73 Å². The maximum absolute atomic E-state index is 12.4. The number of hydrogen-bond donors (Lipinski definition) is 2. The number of hydrogen-bond acceptors (Lipinski definition) is 5. The number of nitrogens with one attached hydrogen (secondary N) is 1. The van der Waals surface area contributed by atoms with Crippen LogP contribution in [0.25, 0.3) is 0 Å². The Morgan fingerprint density at radius 2 is 1.83 bits per heavy atom. The third-order valence-corrected chi connectivity index (χ3v) is 4.13. The van der Waals surface area contributed by atoms with Crippen molar-refractivity contribution in [1.82, 2.24) is 14.9 Å². The Balaban J connectivity index is 1.57. The molecule has 1 fully saturated rings. The Hall–Kier alpha value is -2.63. The monoisotopic (exact) mass is 311 g/mol. The van der Waals surface area contributed by atoms with E-state index < -0.39 is 0 Å². The van der Waals surface area contributed by atoms with E-state index in [1.54, 1.807) is 4.90 Å². The number of nitrogens with two attached hydrogens (primary N) is 1. The van der Waals surface area contributed by atoms with E-state index in [0.29, 0.717) is 19.1 Å². The zero-order valence-corrected chi connectivity index (χ0v) is 13.2. The first-order valence-electron chi connectivity index (χ1n) is 7.82. The van der Waals surface area contributed by atoms with Crippen LogP contribution in [0.4, 0.5) is 11.5 Å². The summed E-state index contributed by atoms with van der Waals surface area (Å²) in [6, 6.07) is 8.75. The number of nitrogen functional groups attached to an aromatic ring is 1. The van der Waals surface area contributed by atoms with Crippen LogP contribution in [0.3, 0.4) is 0 Å². The molecule has 0 atom stereocenters. The van der Waals surface area contributed by atoms with Crippen LogP contribution < -0.4 is 11.1 Å². The molecule has 1 amide bonds. The van der Waals surface area contributed by atoms with E-state index in [1.807, 2.05) is 0 Å². The van der Waals surface area contributed by atoms with Gasteiger partial charge in [-0.1, -0.05) is 17.7 Å². The summed E-state index contributed by atoms with van der Waals surface area (Å²) >= 11 is 0. The molecule has 0 unspecified atom stereocenters. The van der Waals surface area contributed by atoms with Crippen molar-refractivity contribution in [3.05, 3.63) is 47.9 Å². The third-order valence-electron chi connectivity index (χ3n) is 4.13. The van der Waals surface area contributed by atoms with Gasteiger partial charge in [-0.3, -0.25) is 4.79 Å². The average molecular weight is 311 g/mol. The van der Waals surface area contributed by atoms with Crippen LogP contribution in [-0.2, 0) is 0 Å². The molecular formula is C17H21N5O. The fourth-order valence-electron chi connectivity index (χ4n) is 2.78. The number of piperidine rings is 1. The molecule has 3 rings (SSSR count). The molecule has 0 aliphatic carbocycles. The highest BCUT2D eigenvalue weighted by Gasteiger charge is 2.25. The van der Waals surface area contributed by atoms with Gasteiger partial charge in [-0.05, 0) is 31.9 Å². The molecule has 6 heteroatoms. The summed E-state index contributed by atoms with van der Waals surface area (Å²) in [5.74, 6) is 0.0572. The summed E-state index contributed by atoms with van der Waals surface area (Å²) in [7, 11) is 0. The van der Waals surface area contributed by atoms with Gasteiger partial charge in [0.05, 0.1) is 0 Å². The SMILES string of the molecule is Cc1ccc(NC2CCN(C(=O)c3nccnc3N)CC2)cc1. The molecule has 1 aliphatic rings. The van der Waals surface area contributed by atoms with Gasteiger partial charge in [0.15, 0.2) is 11.5 Å². The molecule has 0 spiro atoms. The summed E-state index contributed by atoms with van der Waals surface area (Å²) in [6.07, 6.45) is 4.79. The highest BCUT2D eigenvalue weighted by atomic mass is 16.2. The summed E-state index contributed by atoms with van der Waals surface area (Å²) in [6.45, 7) is 3.46. The molecule has 1 saturated heterocycles. The topological polar surface area (TPSA) is 84.1 Å². The minimum absolute atomic E-state index is 0.135. The molecule has 2 heterocycles. The number of amides is 1. The number of carbonyl (C=O) groups is 1. The maximum atomic E-state index is 12.4. The van der Waals surface area contributed by atoms with Crippen LogP contribution in [0.15, 0.2) is 36.7 Å². The van der Waals surface area contributed by atoms with Gasteiger partial charge in [0, 0.05) is 37.2 Å². The number of rotatable bonds is 3. The molecule has 0 saturated carbocycles. The van der Waals surface area contributed by atoms with Crippen molar-refractivity contribution in [1.29, 1.82) is 0 Å². The van der Waals surface area contributed by atoms with Crippen LogP contribution in [-0.4, -0.2) is 39.9 Å². The molecule has 1 aromatic heterocycles. The molecule has 120 valence electrons. The van der Waals surface area contributed by atoms with E-state index in [1.165, 1.54) is 18.0 Å². The molecule has 0 radical (unpaired) electrons. The Morgan fingerprint density at radius 3 is 2.48 bits per heavy atom. The first kappa shape index (κ1) is 15.3. The first-order valence-corrected chi connectivity index (χ1v) is 7.82. The second kappa shape index (κ2) is 6.64. The smallest absolute Gasteiger partial charge is 0.276 e. The van der Waals surface area contributed by atoms with Gasteiger partial charge in [0.2, 0.25) is 0 Å². The lowest BCUT2D eigenvalue weighted by Crippen LogP contribution is -2.42. The van der Waals surface area contributed by atoms with E-state index in [0.717, 1.165) is 18.5 Å². The predicted octanol–water partition coefficient (Wildman–Crippen LogP) is 2.08. The highest BCUT2D eigenvalue weighted by Crippen LogP contribution is 2.19. The third kappa shape index (κ3) is 3.59. The second-order valence-electron chi connectivity index (χ2n) is 5.87. The van der Waals surface area contributed by atoms with Crippen LogP contribution in [0, 0.1) is 6.92 Å². The normalized spacial score (nSPS) is 15.4. The summed E-state index contributed by atoms with van der Waals surface area (Å²) in [5, 5.41) is 3.53. The van der Waals surface area contributed by atoms with Crippen molar-refractivity contribution in [2.45, 2.75) is 25.8 Å². The second-order valence-corrected chi connectivity index (χ2v) is 5.87. The van der Waals surface area contributed by atoms with E-state index in [9.17, 15) is 4.79 Å². The zero-order chi connectivity index (χ0) is 16.2. The molecule has 1 aromatic carbocycles. The number of nitrogens with zero attached hydrogens (tertiary/aromatic N) is 3. The fraction of sp³-hybridized carbons (Fsp3) is 0.353. The Bertz CT molecular complexity index is 678. The fourth-order valence-corrected chi connectivity index (χ4v) is 2.78. The number of aryl methyl sites for hydroxylation is 1. The summed E-state index contributed by atoms with van der Waals surface area (Å²) in [5.41, 5.74) is 8.36. The van der Waals surface area contributed by atoms with Gasteiger partial charge in [-0.2, -0.15) is 0 Å². The lowest BCUT2D eigenvalue weighted by molar-refractivity contribution is 0.0713. The average Bonchev–Trinajstić information content (AvgIpc) is 2.57. The van der Waals surface area contributed by atoms with Gasteiger partial charge in [0.25, 0.3) is 5.91 Å². The quantitative estimate of drug-likeness (QED) is 0.906. The number of anilines is 2. The highest BCUT2D eigenvalue weighted by molar-refractivity contribution is 5.96. The van der Waals surface area contributed by atoms with E-state index in [-0.39, 0.29) is 17.4 Å². The summed E-state index contributed by atoms with van der Waals surface area (Å²) < 4.78 is 0. The molecule has 3 N–H and O–H groups in total. The molecular weight excluding hydrogens is 290 g/mol. The molecule has 0 bridgehead atoms. The van der Waals surface area contributed by atoms with Crippen LogP contribution >= 0.6 is 0 Å². The van der Waals surface area contributed by atoms with Gasteiger partial charge in [-0.25, -0.2) is 9.97 Å². The van der Waals surface area contributed by atoms with Gasteiger partial charge < -0.3 is 16.0 Å². The first-order chi connectivity index (χ1) is 11.1. The summed E-state index contributed by atoms with van der Waals surface area (Å²) in [4.78, 5) is 22.2. The Kier molecular flexibility index (Phi) is 4.41. The van der Waals surface area contributed by atoms with Crippen molar-refractivity contribution in [2.75, 3.05) is 24.1 Å². The van der Waals surface area contributed by atoms with Crippen molar-refractivity contribution in [3.63, 3.8) is 0 Å². The standard InChI is InChI=1S/C17H21N5O/c1-12-2-4-13(5-3-12)21-14-6-10-22(11-7-14)17(23)15-16(18)20-9-8-19-15/h2-5,8-9,14,21H,6-7,10-11H2,1H3,(H2,18,20). The van der Waals surface area contributed by atoms with Gasteiger partial charge in [-0.15, -0.1) is 0 Å². The number of aromatic nitrogens is 2. The molecule has 2 aromatic rings. The lowest BCUT2D eigenvalue weighted by Gasteiger charge is -2.32. The van der Waals surface area contributed by atoms with Crippen LogP contribution in [0.5, 0.6) is 0 Å².